The molecule has 0 spiro atoms. The lowest BCUT2D eigenvalue weighted by Crippen LogP contribution is -2.28. The smallest absolute Gasteiger partial charge is 0.261 e. The molecule has 4 N–H and O–H groups in total. The summed E-state index contributed by atoms with van der Waals surface area (Å²) in [6.07, 6.45) is 0. The Morgan fingerprint density at radius 2 is 1.87 bits per heavy atom. The standard InChI is InChI=1S/C22H16N6O3/c1-31-14-9-7-13(8-10-14)28-21(25)15(11-23)18-19(27-28)17(24)16(22(30)26-18)20(29)12-5-3-2-4-6-12/h2-10,25H,24H2,1H3,(H,26,30). The molecule has 4 rings (SSSR count). The number of pyridine rings is 1. The molecule has 0 bridgehead atoms. The Labute approximate surface area is 175 Å². The van der Waals surface area contributed by atoms with Crippen LogP contribution in [-0.4, -0.2) is 27.7 Å². The molecule has 0 aliphatic carbocycles. The van der Waals surface area contributed by atoms with Crippen LogP contribution in [0.5, 0.6) is 5.75 Å². The number of aromatic amines is 1. The lowest BCUT2D eigenvalue weighted by atomic mass is 10.0. The van der Waals surface area contributed by atoms with E-state index in [0.717, 1.165) is 0 Å². The molecule has 0 unspecified atom stereocenters. The average molecular weight is 412 g/mol. The Morgan fingerprint density at radius 3 is 2.48 bits per heavy atom. The van der Waals surface area contributed by atoms with Crippen molar-refractivity contribution >= 4 is 22.5 Å². The SMILES string of the molecule is COc1ccc(-n2nc3c(N)c(C(=O)c4ccccc4)c(=O)[nH]c3c(C#N)c2=N)cc1. The van der Waals surface area contributed by atoms with E-state index >= 15 is 0 Å². The van der Waals surface area contributed by atoms with Gasteiger partial charge >= 0.3 is 0 Å². The zero-order valence-electron chi connectivity index (χ0n) is 16.3. The van der Waals surface area contributed by atoms with Crippen molar-refractivity contribution in [2.24, 2.45) is 0 Å². The summed E-state index contributed by atoms with van der Waals surface area (Å²) < 4.78 is 6.35. The highest BCUT2D eigenvalue weighted by molar-refractivity contribution is 6.14. The van der Waals surface area contributed by atoms with Crippen molar-refractivity contribution < 1.29 is 9.53 Å². The quantitative estimate of drug-likeness (QED) is 0.436. The number of benzene rings is 2. The summed E-state index contributed by atoms with van der Waals surface area (Å²) in [5.74, 6) is 0.0456. The van der Waals surface area contributed by atoms with Gasteiger partial charge in [0.2, 0.25) is 5.78 Å². The molecule has 9 heteroatoms. The Morgan fingerprint density at radius 1 is 1.19 bits per heavy atom. The van der Waals surface area contributed by atoms with Crippen LogP contribution < -0.4 is 21.5 Å². The van der Waals surface area contributed by atoms with Gasteiger partial charge in [-0.2, -0.15) is 10.4 Å². The first kappa shape index (κ1) is 19.6. The molecule has 0 saturated heterocycles. The summed E-state index contributed by atoms with van der Waals surface area (Å²) in [6.45, 7) is 0. The molecule has 0 saturated carbocycles. The van der Waals surface area contributed by atoms with Crippen LogP contribution in [0.2, 0.25) is 0 Å². The van der Waals surface area contributed by atoms with Gasteiger partial charge in [-0.25, -0.2) is 4.68 Å². The van der Waals surface area contributed by atoms with E-state index in [2.05, 4.69) is 10.1 Å². The number of nitrogen functional groups attached to an aromatic ring is 1. The highest BCUT2D eigenvalue weighted by Gasteiger charge is 2.22. The van der Waals surface area contributed by atoms with Crippen LogP contribution in [0.4, 0.5) is 5.69 Å². The predicted molar refractivity (Wildman–Crippen MR) is 113 cm³/mol. The maximum Gasteiger partial charge on any atom is 0.261 e. The fourth-order valence-electron chi connectivity index (χ4n) is 3.25. The number of ketones is 1. The van der Waals surface area contributed by atoms with Gasteiger partial charge in [-0.15, -0.1) is 0 Å². The highest BCUT2D eigenvalue weighted by atomic mass is 16.5. The third-order valence-electron chi connectivity index (χ3n) is 4.82. The van der Waals surface area contributed by atoms with Gasteiger partial charge in [-0.3, -0.25) is 15.0 Å². The summed E-state index contributed by atoms with van der Waals surface area (Å²) in [4.78, 5) is 28.1. The molecule has 31 heavy (non-hydrogen) atoms. The summed E-state index contributed by atoms with van der Waals surface area (Å²) in [5.41, 5.74) is 5.49. The summed E-state index contributed by atoms with van der Waals surface area (Å²) in [5, 5.41) is 22.4. The Kier molecular flexibility index (Phi) is 4.81. The number of fused-ring (bicyclic) bond motifs is 1. The van der Waals surface area contributed by atoms with E-state index in [0.29, 0.717) is 17.0 Å². The normalized spacial score (nSPS) is 10.6. The van der Waals surface area contributed by atoms with Gasteiger partial charge in [0.1, 0.15) is 28.5 Å². The van der Waals surface area contributed by atoms with Gasteiger partial charge in [0.15, 0.2) is 5.49 Å². The van der Waals surface area contributed by atoms with Crippen molar-refractivity contribution in [3.63, 3.8) is 0 Å². The number of carbonyl (C=O) groups is 1. The number of nitriles is 1. The second-order valence-electron chi connectivity index (χ2n) is 6.61. The molecule has 0 radical (unpaired) electrons. The minimum Gasteiger partial charge on any atom is -0.497 e. The third kappa shape index (κ3) is 3.22. The molecule has 9 nitrogen and oxygen atoms in total. The van der Waals surface area contributed by atoms with Crippen LogP contribution in [0.3, 0.4) is 0 Å². The molecule has 0 aliphatic rings. The Hall–Kier alpha value is -4.71. The molecule has 0 atom stereocenters. The van der Waals surface area contributed by atoms with Crippen LogP contribution in [-0.2, 0) is 0 Å². The number of methoxy groups -OCH3 is 1. The van der Waals surface area contributed by atoms with Crippen molar-refractivity contribution in [3.8, 4) is 17.5 Å². The van der Waals surface area contributed by atoms with Crippen molar-refractivity contribution in [3.05, 3.63) is 87.1 Å². The number of rotatable bonds is 4. The van der Waals surface area contributed by atoms with Crippen LogP contribution >= 0.6 is 0 Å². The van der Waals surface area contributed by atoms with Gasteiger partial charge < -0.3 is 15.5 Å². The molecule has 2 heterocycles. The minimum absolute atomic E-state index is 0.00405. The van der Waals surface area contributed by atoms with Gasteiger partial charge in [0.05, 0.1) is 24.0 Å². The van der Waals surface area contributed by atoms with Crippen molar-refractivity contribution in [1.82, 2.24) is 14.8 Å². The number of hydrogen-bond acceptors (Lipinski definition) is 7. The molecule has 4 aromatic rings. The van der Waals surface area contributed by atoms with E-state index in [1.54, 1.807) is 54.6 Å². The van der Waals surface area contributed by atoms with Crippen molar-refractivity contribution in [1.29, 1.82) is 10.7 Å². The molecule has 2 aromatic carbocycles. The summed E-state index contributed by atoms with van der Waals surface area (Å²) >= 11 is 0. The monoisotopic (exact) mass is 412 g/mol. The predicted octanol–water partition coefficient (Wildman–Crippen LogP) is 1.89. The number of aromatic nitrogens is 3. The zero-order valence-corrected chi connectivity index (χ0v) is 16.3. The minimum atomic E-state index is -0.751. The largest absolute Gasteiger partial charge is 0.497 e. The lowest BCUT2D eigenvalue weighted by molar-refractivity contribution is 0.103. The summed E-state index contributed by atoms with van der Waals surface area (Å²) in [7, 11) is 1.53. The van der Waals surface area contributed by atoms with Crippen LogP contribution in [0, 0.1) is 16.7 Å². The van der Waals surface area contributed by atoms with Crippen molar-refractivity contribution in [2.75, 3.05) is 12.8 Å². The number of H-pyrrole nitrogens is 1. The number of anilines is 1. The lowest BCUT2D eigenvalue weighted by Gasteiger charge is -2.13. The van der Waals surface area contributed by atoms with Gasteiger partial charge in [-0.05, 0) is 24.3 Å². The maximum absolute atomic E-state index is 12.9. The van der Waals surface area contributed by atoms with Crippen molar-refractivity contribution in [2.45, 2.75) is 0 Å². The fourth-order valence-corrected chi connectivity index (χ4v) is 3.25. The molecular formula is C22H16N6O3. The zero-order chi connectivity index (χ0) is 22.1. The number of nitrogens with two attached hydrogens (primary N) is 1. The van der Waals surface area contributed by atoms with E-state index in [1.807, 2.05) is 6.07 Å². The molecule has 0 amide bonds. The second-order valence-corrected chi connectivity index (χ2v) is 6.61. The van der Waals surface area contributed by atoms with Gasteiger partial charge in [0.25, 0.3) is 5.56 Å². The van der Waals surface area contributed by atoms with E-state index in [-0.39, 0.29) is 33.3 Å². The van der Waals surface area contributed by atoms with Crippen LogP contribution in [0.25, 0.3) is 16.7 Å². The Balaban J connectivity index is 2.02. The molecule has 0 aliphatic heterocycles. The van der Waals surface area contributed by atoms with Crippen LogP contribution in [0.15, 0.2) is 59.4 Å². The third-order valence-corrected chi connectivity index (χ3v) is 4.82. The Bertz CT molecular complexity index is 1480. The topological polar surface area (TPSA) is 151 Å². The van der Waals surface area contributed by atoms with E-state index in [1.165, 1.54) is 11.8 Å². The molecule has 2 aromatic heterocycles. The van der Waals surface area contributed by atoms with Crippen LogP contribution in [0.1, 0.15) is 21.5 Å². The van der Waals surface area contributed by atoms with Gasteiger partial charge in [-0.1, -0.05) is 30.3 Å². The number of carbonyl (C=O) groups excluding carboxylic acids is 1. The summed E-state index contributed by atoms with van der Waals surface area (Å²) in [6, 6.07) is 16.9. The number of hydrogen-bond donors (Lipinski definition) is 3. The van der Waals surface area contributed by atoms with E-state index in [9.17, 15) is 14.9 Å². The number of ether oxygens (including phenoxy) is 1. The molecular weight excluding hydrogens is 396 g/mol. The average Bonchev–Trinajstić information content (AvgIpc) is 2.79. The van der Waals surface area contributed by atoms with Gasteiger partial charge in [0, 0.05) is 5.56 Å². The number of nitrogens with zero attached hydrogens (tertiary/aromatic N) is 3. The maximum atomic E-state index is 12.9. The molecule has 0 fully saturated rings. The number of nitrogens with one attached hydrogen (secondary N) is 2. The fraction of sp³-hybridized carbons (Fsp3) is 0.0455. The second kappa shape index (κ2) is 7.61. The first-order valence-electron chi connectivity index (χ1n) is 9.14. The van der Waals surface area contributed by atoms with E-state index in [4.69, 9.17) is 15.9 Å². The van der Waals surface area contributed by atoms with E-state index < -0.39 is 11.3 Å². The first-order chi connectivity index (χ1) is 15.0. The first-order valence-corrected chi connectivity index (χ1v) is 9.14. The molecule has 152 valence electrons. The highest BCUT2D eigenvalue weighted by Crippen LogP contribution is 2.22.